The summed E-state index contributed by atoms with van der Waals surface area (Å²) in [4.78, 5) is 13.2. The molecule has 2 heterocycles. The Hall–Kier alpha value is -1.75. The van der Waals surface area contributed by atoms with Crippen molar-refractivity contribution in [2.24, 2.45) is 0 Å². The van der Waals surface area contributed by atoms with Gasteiger partial charge < -0.3 is 14.4 Å². The number of anilines is 1. The molecule has 0 fully saturated rings. The van der Waals surface area contributed by atoms with Crippen LogP contribution in [0.2, 0.25) is 0 Å². The number of carboxylic acids is 1. The smallest absolute Gasteiger partial charge is 0.345 e. The molecule has 4 nitrogen and oxygen atoms in total. The molecular formula is C12H13NO3S. The van der Waals surface area contributed by atoms with Gasteiger partial charge in [-0.3, -0.25) is 0 Å². The number of carboxylic acid groups (broad SMARTS) is 1. The Bertz CT molecular complexity index is 490. The van der Waals surface area contributed by atoms with E-state index >= 15 is 0 Å². The summed E-state index contributed by atoms with van der Waals surface area (Å²) in [5, 5.41) is 10.7. The zero-order valence-corrected chi connectivity index (χ0v) is 10.2. The molecule has 0 amide bonds. The Morgan fingerprint density at radius 2 is 2.41 bits per heavy atom. The average Bonchev–Trinajstić information content (AvgIpc) is 2.96. The second-order valence-electron chi connectivity index (χ2n) is 3.57. The van der Waals surface area contributed by atoms with E-state index in [1.165, 1.54) is 11.3 Å². The zero-order chi connectivity index (χ0) is 12.3. The number of furan rings is 1. The van der Waals surface area contributed by atoms with Crippen molar-refractivity contribution < 1.29 is 14.3 Å². The van der Waals surface area contributed by atoms with Crippen LogP contribution in [0.5, 0.6) is 0 Å². The van der Waals surface area contributed by atoms with Crippen LogP contribution in [-0.4, -0.2) is 17.6 Å². The first kappa shape index (κ1) is 11.7. The lowest BCUT2D eigenvalue weighted by Gasteiger charge is -2.19. The van der Waals surface area contributed by atoms with Crippen molar-refractivity contribution in [3.8, 4) is 0 Å². The molecule has 0 saturated carbocycles. The quantitative estimate of drug-likeness (QED) is 0.887. The molecule has 1 N–H and O–H groups in total. The molecule has 0 atom stereocenters. The van der Waals surface area contributed by atoms with Gasteiger partial charge in [-0.1, -0.05) is 0 Å². The van der Waals surface area contributed by atoms with Crippen LogP contribution in [0.3, 0.4) is 0 Å². The van der Waals surface area contributed by atoms with Crippen LogP contribution in [0.4, 0.5) is 5.69 Å². The summed E-state index contributed by atoms with van der Waals surface area (Å²) in [6.45, 7) is 3.48. The molecule has 2 rings (SSSR count). The lowest BCUT2D eigenvalue weighted by molar-refractivity contribution is 0.0702. The predicted octanol–water partition coefficient (Wildman–Crippen LogP) is 3.07. The molecule has 0 aromatic carbocycles. The van der Waals surface area contributed by atoms with Gasteiger partial charge in [-0.15, -0.1) is 11.3 Å². The van der Waals surface area contributed by atoms with Crippen LogP contribution in [0.15, 0.2) is 34.3 Å². The molecule has 90 valence electrons. The van der Waals surface area contributed by atoms with Gasteiger partial charge in [0.15, 0.2) is 0 Å². The number of nitrogens with zero attached hydrogens (tertiary/aromatic N) is 1. The van der Waals surface area contributed by atoms with Crippen molar-refractivity contribution in [1.82, 2.24) is 0 Å². The molecule has 2 aromatic heterocycles. The minimum atomic E-state index is -0.879. The Morgan fingerprint density at radius 1 is 1.59 bits per heavy atom. The van der Waals surface area contributed by atoms with E-state index in [2.05, 4.69) is 4.90 Å². The maximum Gasteiger partial charge on any atom is 0.345 e. The molecule has 17 heavy (non-hydrogen) atoms. The second kappa shape index (κ2) is 5.05. The lowest BCUT2D eigenvalue weighted by Crippen LogP contribution is -2.21. The van der Waals surface area contributed by atoms with E-state index in [-0.39, 0.29) is 0 Å². The highest BCUT2D eigenvalue weighted by atomic mass is 32.1. The van der Waals surface area contributed by atoms with Crippen molar-refractivity contribution in [2.75, 3.05) is 11.4 Å². The van der Waals surface area contributed by atoms with Crippen LogP contribution in [0.1, 0.15) is 22.4 Å². The molecule has 0 spiro atoms. The van der Waals surface area contributed by atoms with E-state index in [1.54, 1.807) is 12.3 Å². The van der Waals surface area contributed by atoms with E-state index in [0.29, 0.717) is 11.4 Å². The molecule has 0 aliphatic heterocycles. The number of rotatable bonds is 5. The van der Waals surface area contributed by atoms with Gasteiger partial charge in [-0.2, -0.15) is 0 Å². The van der Waals surface area contributed by atoms with Crippen LogP contribution >= 0.6 is 11.3 Å². The topological polar surface area (TPSA) is 53.7 Å². The first-order valence-corrected chi connectivity index (χ1v) is 6.18. The van der Waals surface area contributed by atoms with E-state index in [1.807, 2.05) is 24.4 Å². The van der Waals surface area contributed by atoms with Crippen molar-refractivity contribution in [3.05, 3.63) is 40.5 Å². The summed E-state index contributed by atoms with van der Waals surface area (Å²) in [6.07, 6.45) is 1.64. The summed E-state index contributed by atoms with van der Waals surface area (Å²) in [7, 11) is 0. The van der Waals surface area contributed by atoms with Gasteiger partial charge in [0.1, 0.15) is 10.6 Å². The number of aromatic carboxylic acids is 1. The van der Waals surface area contributed by atoms with Crippen molar-refractivity contribution in [3.63, 3.8) is 0 Å². The Kier molecular flexibility index (Phi) is 3.49. The van der Waals surface area contributed by atoms with E-state index in [4.69, 9.17) is 9.52 Å². The van der Waals surface area contributed by atoms with Crippen LogP contribution < -0.4 is 4.90 Å². The van der Waals surface area contributed by atoms with E-state index in [0.717, 1.165) is 18.0 Å². The highest BCUT2D eigenvalue weighted by Crippen LogP contribution is 2.24. The SMILES string of the molecule is CCN(Cc1ccco1)c1csc(C(=O)O)c1. The highest BCUT2D eigenvalue weighted by molar-refractivity contribution is 7.12. The maximum absolute atomic E-state index is 10.8. The molecule has 5 heteroatoms. The minimum Gasteiger partial charge on any atom is -0.477 e. The monoisotopic (exact) mass is 251 g/mol. The fourth-order valence-electron chi connectivity index (χ4n) is 1.58. The Balaban J connectivity index is 2.14. The fourth-order valence-corrected chi connectivity index (χ4v) is 2.33. The Labute approximate surface area is 103 Å². The molecule has 0 saturated heterocycles. The number of hydrogen-bond donors (Lipinski definition) is 1. The number of carbonyl (C=O) groups is 1. The first-order chi connectivity index (χ1) is 8.20. The molecular weight excluding hydrogens is 238 g/mol. The highest BCUT2D eigenvalue weighted by Gasteiger charge is 2.12. The van der Waals surface area contributed by atoms with Gasteiger partial charge in [0, 0.05) is 17.6 Å². The summed E-state index contributed by atoms with van der Waals surface area (Å²) in [5.74, 6) is -0.00905. The predicted molar refractivity (Wildman–Crippen MR) is 66.7 cm³/mol. The zero-order valence-electron chi connectivity index (χ0n) is 9.42. The minimum absolute atomic E-state index is 0.359. The summed E-state index contributed by atoms with van der Waals surface area (Å²) in [6, 6.07) is 5.45. The lowest BCUT2D eigenvalue weighted by atomic mass is 10.3. The second-order valence-corrected chi connectivity index (χ2v) is 4.48. The van der Waals surface area contributed by atoms with Crippen LogP contribution in [0, 0.1) is 0 Å². The van der Waals surface area contributed by atoms with Crippen molar-refractivity contribution >= 4 is 23.0 Å². The van der Waals surface area contributed by atoms with Crippen LogP contribution in [0.25, 0.3) is 0 Å². The van der Waals surface area contributed by atoms with Gasteiger partial charge in [0.2, 0.25) is 0 Å². The first-order valence-electron chi connectivity index (χ1n) is 5.30. The van der Waals surface area contributed by atoms with Gasteiger partial charge in [-0.25, -0.2) is 4.79 Å². The third-order valence-corrected chi connectivity index (χ3v) is 3.38. The number of hydrogen-bond acceptors (Lipinski definition) is 4. The van der Waals surface area contributed by atoms with E-state index < -0.39 is 5.97 Å². The molecule has 0 unspecified atom stereocenters. The molecule has 2 aromatic rings. The summed E-state index contributed by atoms with van der Waals surface area (Å²) in [5.41, 5.74) is 0.923. The molecule has 0 bridgehead atoms. The molecule has 0 aliphatic carbocycles. The standard InChI is InChI=1S/C12H13NO3S/c1-2-13(7-10-4-3-5-16-10)9-6-11(12(14)15)17-8-9/h3-6,8H,2,7H2,1H3,(H,14,15). The maximum atomic E-state index is 10.8. The largest absolute Gasteiger partial charge is 0.477 e. The van der Waals surface area contributed by atoms with Gasteiger partial charge in [0.05, 0.1) is 12.8 Å². The average molecular weight is 251 g/mol. The summed E-state index contributed by atoms with van der Waals surface area (Å²) >= 11 is 1.24. The number of thiophene rings is 1. The molecule has 0 radical (unpaired) electrons. The molecule has 0 aliphatic rings. The fraction of sp³-hybridized carbons (Fsp3) is 0.250. The normalized spacial score (nSPS) is 10.4. The van der Waals surface area contributed by atoms with Crippen molar-refractivity contribution in [1.29, 1.82) is 0 Å². The van der Waals surface area contributed by atoms with Gasteiger partial charge >= 0.3 is 5.97 Å². The third kappa shape index (κ3) is 2.68. The Morgan fingerprint density at radius 3 is 2.94 bits per heavy atom. The van der Waals surface area contributed by atoms with E-state index in [9.17, 15) is 4.79 Å². The van der Waals surface area contributed by atoms with Crippen LogP contribution in [-0.2, 0) is 6.54 Å². The van der Waals surface area contributed by atoms with Gasteiger partial charge in [0.25, 0.3) is 0 Å². The van der Waals surface area contributed by atoms with Crippen molar-refractivity contribution in [2.45, 2.75) is 13.5 Å². The van der Waals surface area contributed by atoms with Gasteiger partial charge in [-0.05, 0) is 25.1 Å². The third-order valence-electron chi connectivity index (χ3n) is 2.47. The summed E-state index contributed by atoms with van der Waals surface area (Å²) < 4.78 is 5.29.